The predicted molar refractivity (Wildman–Crippen MR) is 141 cm³/mol. The zero-order valence-electron chi connectivity index (χ0n) is 20.6. The summed E-state index contributed by atoms with van der Waals surface area (Å²) in [7, 11) is 0. The predicted octanol–water partition coefficient (Wildman–Crippen LogP) is -0.0626. The van der Waals surface area contributed by atoms with Crippen molar-refractivity contribution in [3.8, 4) is 0 Å². The van der Waals surface area contributed by atoms with E-state index < -0.39 is 36.4 Å². The number of aliphatic hydroxyl groups is 4. The molecule has 0 fully saturated rings. The number of hydrogen-bond donors (Lipinski definition) is 10. The number of carboxylic acid groups (broad SMARTS) is 2. The first-order chi connectivity index (χ1) is 18.1. The van der Waals surface area contributed by atoms with E-state index in [0.29, 0.717) is 13.1 Å². The summed E-state index contributed by atoms with van der Waals surface area (Å²) in [4.78, 5) is 26.6. The molecule has 12 N–H and O–H groups in total. The number of carbonyl (C=O) groups is 2. The van der Waals surface area contributed by atoms with E-state index in [1.54, 1.807) is 0 Å². The van der Waals surface area contributed by atoms with Gasteiger partial charge in [0.25, 0.3) is 0 Å². The summed E-state index contributed by atoms with van der Waals surface area (Å²) < 4.78 is 0. The smallest absolute Gasteiger partial charge is 0.335 e. The maximum atomic E-state index is 10.1. The standard InChI is InChI=1S/2C10H12N2.C6H10O8/c2*11-6-5-8-7-12-10-4-2-1-3-9(8)10;7-1(3(9)5(11)12)2(8)4(10)6(13)14/h2*1-4,7,12H,5-6,11H2;1-4,7-10H,(H,11,12)(H,13,14)/t;;1-,2+,3+,4-. The van der Waals surface area contributed by atoms with Crippen LogP contribution < -0.4 is 11.5 Å². The number of nitrogens with one attached hydrogen (secondary N) is 2. The van der Waals surface area contributed by atoms with Crippen LogP contribution in [0, 0.1) is 0 Å². The lowest BCUT2D eigenvalue weighted by Crippen LogP contribution is -2.49. The minimum Gasteiger partial charge on any atom is -0.479 e. The fraction of sp³-hybridized carbons (Fsp3) is 0.308. The zero-order valence-corrected chi connectivity index (χ0v) is 20.6. The van der Waals surface area contributed by atoms with Crippen LogP contribution in [0.15, 0.2) is 60.9 Å². The van der Waals surface area contributed by atoms with E-state index >= 15 is 0 Å². The number of carboxylic acids is 2. The molecule has 12 heteroatoms. The van der Waals surface area contributed by atoms with E-state index in [-0.39, 0.29) is 0 Å². The molecule has 38 heavy (non-hydrogen) atoms. The number of nitrogens with two attached hydrogens (primary N) is 2. The van der Waals surface area contributed by atoms with Crippen molar-refractivity contribution in [2.75, 3.05) is 13.1 Å². The summed E-state index contributed by atoms with van der Waals surface area (Å²) >= 11 is 0. The van der Waals surface area contributed by atoms with E-state index in [4.69, 9.17) is 42.1 Å². The van der Waals surface area contributed by atoms with Gasteiger partial charge in [-0.05, 0) is 49.2 Å². The molecule has 0 spiro atoms. The number of aromatic nitrogens is 2. The number of rotatable bonds is 9. The van der Waals surface area contributed by atoms with Gasteiger partial charge in [-0.25, -0.2) is 9.59 Å². The minimum absolute atomic E-state index is 0.710. The fourth-order valence-corrected chi connectivity index (χ4v) is 3.65. The molecule has 4 aromatic rings. The highest BCUT2D eigenvalue weighted by atomic mass is 16.4. The Morgan fingerprint density at radius 3 is 1.32 bits per heavy atom. The monoisotopic (exact) mass is 530 g/mol. The van der Waals surface area contributed by atoms with Gasteiger partial charge in [-0.15, -0.1) is 0 Å². The quantitative estimate of drug-likeness (QED) is 0.138. The second-order valence-electron chi connectivity index (χ2n) is 8.34. The molecule has 0 aliphatic heterocycles. The number of hydrogen-bond acceptors (Lipinski definition) is 8. The van der Waals surface area contributed by atoms with Crippen molar-refractivity contribution in [1.29, 1.82) is 0 Å². The molecule has 0 unspecified atom stereocenters. The van der Waals surface area contributed by atoms with E-state index in [0.717, 1.165) is 12.8 Å². The molecule has 4 atom stereocenters. The Labute approximate surface area is 218 Å². The molecule has 0 aliphatic rings. The Balaban J connectivity index is 0.000000200. The summed E-state index contributed by atoms with van der Waals surface area (Å²) in [5.41, 5.74) is 16.0. The number of aliphatic carboxylic acids is 2. The molecule has 4 rings (SSSR count). The third-order valence-electron chi connectivity index (χ3n) is 5.68. The third-order valence-corrected chi connectivity index (χ3v) is 5.68. The first-order valence-electron chi connectivity index (χ1n) is 11.8. The highest BCUT2D eigenvalue weighted by Gasteiger charge is 2.37. The van der Waals surface area contributed by atoms with E-state index in [2.05, 4.69) is 46.4 Å². The van der Waals surface area contributed by atoms with Crippen LogP contribution in [-0.2, 0) is 22.4 Å². The Kier molecular flexibility index (Phi) is 11.9. The maximum absolute atomic E-state index is 10.1. The molecule has 0 saturated carbocycles. The van der Waals surface area contributed by atoms with Gasteiger partial charge in [0.2, 0.25) is 0 Å². The molecule has 0 aliphatic carbocycles. The van der Waals surface area contributed by atoms with Crippen LogP contribution >= 0.6 is 0 Å². The van der Waals surface area contributed by atoms with Gasteiger partial charge in [0.1, 0.15) is 12.2 Å². The second-order valence-corrected chi connectivity index (χ2v) is 8.34. The molecule has 2 heterocycles. The molecule has 0 amide bonds. The summed E-state index contributed by atoms with van der Waals surface area (Å²) in [6.07, 6.45) is -3.31. The van der Waals surface area contributed by atoms with Gasteiger partial charge in [-0.2, -0.15) is 0 Å². The van der Waals surface area contributed by atoms with Crippen LogP contribution in [0.3, 0.4) is 0 Å². The zero-order chi connectivity index (χ0) is 28.2. The van der Waals surface area contributed by atoms with Gasteiger partial charge >= 0.3 is 11.9 Å². The van der Waals surface area contributed by atoms with E-state index in [1.807, 2.05) is 24.5 Å². The lowest BCUT2D eigenvalue weighted by molar-refractivity contribution is -0.172. The van der Waals surface area contributed by atoms with E-state index in [1.165, 1.54) is 32.9 Å². The van der Waals surface area contributed by atoms with E-state index in [9.17, 15) is 9.59 Å². The maximum Gasteiger partial charge on any atom is 0.335 e. The molecule has 206 valence electrons. The minimum atomic E-state index is -2.36. The van der Waals surface area contributed by atoms with Crippen molar-refractivity contribution in [3.63, 3.8) is 0 Å². The number of aromatic amines is 2. The van der Waals surface area contributed by atoms with Gasteiger partial charge in [0, 0.05) is 34.2 Å². The Morgan fingerprint density at radius 2 is 1.00 bits per heavy atom. The lowest BCUT2D eigenvalue weighted by Gasteiger charge is -2.21. The summed E-state index contributed by atoms with van der Waals surface area (Å²) in [6, 6.07) is 16.6. The number of para-hydroxylation sites is 2. The van der Waals surface area contributed by atoms with Gasteiger partial charge in [0.15, 0.2) is 12.2 Å². The van der Waals surface area contributed by atoms with Crippen molar-refractivity contribution in [2.45, 2.75) is 37.3 Å². The summed E-state index contributed by atoms with van der Waals surface area (Å²) in [6.45, 7) is 1.42. The number of fused-ring (bicyclic) bond motifs is 2. The third kappa shape index (κ3) is 8.11. The molecule has 0 radical (unpaired) electrons. The summed E-state index contributed by atoms with van der Waals surface area (Å²) in [5.74, 6) is -3.68. The van der Waals surface area contributed by atoms with Crippen molar-refractivity contribution in [3.05, 3.63) is 72.1 Å². The van der Waals surface area contributed by atoms with Crippen LogP contribution in [0.2, 0.25) is 0 Å². The second kappa shape index (κ2) is 14.8. The normalized spacial score (nSPS) is 13.9. The van der Waals surface area contributed by atoms with Crippen LogP contribution in [0.25, 0.3) is 21.8 Å². The molecule has 2 aromatic carbocycles. The average molecular weight is 531 g/mol. The number of H-pyrrole nitrogens is 2. The van der Waals surface area contributed by atoms with Gasteiger partial charge in [-0.1, -0.05) is 36.4 Å². The molecule has 0 bridgehead atoms. The van der Waals surface area contributed by atoms with Crippen molar-refractivity contribution >= 4 is 33.7 Å². The SMILES string of the molecule is NCCc1c[nH]c2ccccc12.NCCc1c[nH]c2ccccc12.O=C(O)[C@@H](O)[C@H](O)[C@H](O)[C@@H](O)C(=O)O. The first kappa shape index (κ1) is 30.4. The summed E-state index contributed by atoms with van der Waals surface area (Å²) in [5, 5.41) is 54.0. The Bertz CT molecular complexity index is 1200. The van der Waals surface area contributed by atoms with Crippen molar-refractivity contribution in [2.24, 2.45) is 11.5 Å². The van der Waals surface area contributed by atoms with Crippen LogP contribution in [0.5, 0.6) is 0 Å². The molecule has 12 nitrogen and oxygen atoms in total. The largest absolute Gasteiger partial charge is 0.479 e. The highest BCUT2D eigenvalue weighted by molar-refractivity contribution is 5.83. The van der Waals surface area contributed by atoms with Gasteiger partial charge < -0.3 is 52.1 Å². The van der Waals surface area contributed by atoms with Crippen molar-refractivity contribution in [1.82, 2.24) is 9.97 Å². The van der Waals surface area contributed by atoms with Crippen LogP contribution in [0.4, 0.5) is 0 Å². The molecular weight excluding hydrogens is 496 g/mol. The van der Waals surface area contributed by atoms with Gasteiger partial charge in [-0.3, -0.25) is 0 Å². The number of benzene rings is 2. The van der Waals surface area contributed by atoms with Gasteiger partial charge in [0.05, 0.1) is 0 Å². The van der Waals surface area contributed by atoms with Crippen LogP contribution in [0.1, 0.15) is 11.1 Å². The topological polar surface area (TPSA) is 239 Å². The first-order valence-corrected chi connectivity index (χ1v) is 11.8. The molecule has 2 aromatic heterocycles. The average Bonchev–Trinajstić information content (AvgIpc) is 3.52. The van der Waals surface area contributed by atoms with Crippen molar-refractivity contribution < 1.29 is 40.2 Å². The van der Waals surface area contributed by atoms with Crippen LogP contribution in [-0.4, -0.2) is 90.1 Å². The molecular formula is C26H34N4O8. The Morgan fingerprint density at radius 1 is 0.658 bits per heavy atom. The molecule has 0 saturated heterocycles. The lowest BCUT2D eigenvalue weighted by atomic mass is 10.0. The fourth-order valence-electron chi connectivity index (χ4n) is 3.65. The highest BCUT2D eigenvalue weighted by Crippen LogP contribution is 2.18. The number of aliphatic hydroxyl groups excluding tert-OH is 4. The Hall–Kier alpha value is -3.78.